The van der Waals surface area contributed by atoms with Crippen molar-refractivity contribution < 1.29 is 19.6 Å². The first-order chi connectivity index (χ1) is 11.8. The Morgan fingerprint density at radius 2 is 1.88 bits per heavy atom. The molecule has 0 saturated heterocycles. The van der Waals surface area contributed by atoms with Gasteiger partial charge in [0.25, 0.3) is 0 Å². The van der Waals surface area contributed by atoms with E-state index >= 15 is 0 Å². The molecule has 5 nitrogen and oxygen atoms in total. The van der Waals surface area contributed by atoms with Gasteiger partial charge in [-0.25, -0.2) is 0 Å². The molecule has 0 aliphatic carbocycles. The fourth-order valence-electron chi connectivity index (χ4n) is 2.79. The van der Waals surface area contributed by atoms with Gasteiger partial charge in [-0.15, -0.1) is 0 Å². The predicted octanol–water partition coefficient (Wildman–Crippen LogP) is 1.96. The molecule has 1 heterocycles. The molecule has 1 atom stereocenters. The van der Waals surface area contributed by atoms with Gasteiger partial charge in [0.2, 0.25) is 0 Å². The molecule has 2 aromatic carbocycles. The zero-order valence-electron chi connectivity index (χ0n) is 14.1. The number of quaternary nitrogens is 1. The normalized spacial score (nSPS) is 16.4. The van der Waals surface area contributed by atoms with E-state index in [1.54, 1.807) is 14.2 Å². The van der Waals surface area contributed by atoms with Crippen molar-refractivity contribution in [3.63, 3.8) is 0 Å². The van der Waals surface area contributed by atoms with Crippen molar-refractivity contribution in [2.24, 2.45) is 5.16 Å². The Hall–Kier alpha value is -2.53. The summed E-state index contributed by atoms with van der Waals surface area (Å²) in [6.45, 7) is 1.83. The average molecular weight is 327 g/mol. The highest BCUT2D eigenvalue weighted by Crippen LogP contribution is 2.29. The van der Waals surface area contributed by atoms with E-state index in [1.165, 1.54) is 5.56 Å². The van der Waals surface area contributed by atoms with Crippen LogP contribution in [0.3, 0.4) is 0 Å². The lowest BCUT2D eigenvalue weighted by Crippen LogP contribution is -2.84. The third kappa shape index (κ3) is 3.86. The van der Waals surface area contributed by atoms with Crippen LogP contribution in [0.1, 0.15) is 17.5 Å². The van der Waals surface area contributed by atoms with Crippen LogP contribution in [0, 0.1) is 0 Å². The average Bonchev–Trinajstić information content (AvgIpc) is 3.11. The summed E-state index contributed by atoms with van der Waals surface area (Å²) in [5.41, 5.74) is 3.28. The van der Waals surface area contributed by atoms with Gasteiger partial charge in [-0.3, -0.25) is 0 Å². The maximum Gasteiger partial charge on any atom is 0.181 e. The second-order valence-corrected chi connectivity index (χ2v) is 5.75. The molecule has 5 heteroatoms. The van der Waals surface area contributed by atoms with Gasteiger partial charge in [0.1, 0.15) is 13.1 Å². The molecule has 1 aliphatic heterocycles. The van der Waals surface area contributed by atoms with Crippen molar-refractivity contribution in [2.45, 2.75) is 19.1 Å². The highest BCUT2D eigenvalue weighted by molar-refractivity contribution is 6.01. The Bertz CT molecular complexity index is 701. The van der Waals surface area contributed by atoms with E-state index < -0.39 is 0 Å². The molecule has 3 rings (SSSR count). The largest absolute Gasteiger partial charge is 0.493 e. The van der Waals surface area contributed by atoms with Crippen LogP contribution in [0.15, 0.2) is 53.7 Å². The standard InChI is InChI=1S/C19H22N2O3/c1-22-18-9-8-15(10-19(18)23-2)17-11-16(24-21-17)13-20-12-14-6-4-3-5-7-14/h3-10,16,20H,11-13H2,1-2H3/p+1/t16-/m1/s1. The second kappa shape index (κ2) is 7.84. The summed E-state index contributed by atoms with van der Waals surface area (Å²) in [7, 11) is 3.27. The van der Waals surface area contributed by atoms with Gasteiger partial charge in [-0.1, -0.05) is 35.5 Å². The first-order valence-corrected chi connectivity index (χ1v) is 8.11. The smallest absolute Gasteiger partial charge is 0.181 e. The molecule has 126 valence electrons. The van der Waals surface area contributed by atoms with Crippen LogP contribution in [0.25, 0.3) is 0 Å². The van der Waals surface area contributed by atoms with E-state index in [-0.39, 0.29) is 6.10 Å². The molecule has 0 unspecified atom stereocenters. The maximum atomic E-state index is 5.57. The van der Waals surface area contributed by atoms with Crippen LogP contribution < -0.4 is 14.8 Å². The number of hydrogen-bond acceptors (Lipinski definition) is 4. The topological polar surface area (TPSA) is 56.7 Å². The quantitative estimate of drug-likeness (QED) is 0.846. The summed E-state index contributed by atoms with van der Waals surface area (Å²) in [6, 6.07) is 16.3. The minimum Gasteiger partial charge on any atom is -0.493 e. The van der Waals surface area contributed by atoms with Crippen molar-refractivity contribution in [2.75, 3.05) is 20.8 Å². The molecule has 2 aromatic rings. The second-order valence-electron chi connectivity index (χ2n) is 5.75. The van der Waals surface area contributed by atoms with Crippen LogP contribution in [0.5, 0.6) is 11.5 Å². The Kier molecular flexibility index (Phi) is 5.33. The number of oxime groups is 1. The Morgan fingerprint density at radius 1 is 1.08 bits per heavy atom. The molecule has 0 amide bonds. The summed E-state index contributed by atoms with van der Waals surface area (Å²) >= 11 is 0. The first kappa shape index (κ1) is 16.3. The number of rotatable bonds is 7. The monoisotopic (exact) mass is 327 g/mol. The van der Waals surface area contributed by atoms with Gasteiger partial charge in [-0.05, 0) is 18.2 Å². The lowest BCUT2D eigenvalue weighted by molar-refractivity contribution is -0.676. The number of ether oxygens (including phenoxy) is 2. The van der Waals surface area contributed by atoms with Crippen molar-refractivity contribution in [1.29, 1.82) is 0 Å². The van der Waals surface area contributed by atoms with Crippen LogP contribution in [0.2, 0.25) is 0 Å². The fourth-order valence-corrected chi connectivity index (χ4v) is 2.79. The van der Waals surface area contributed by atoms with Gasteiger partial charge in [0.15, 0.2) is 17.6 Å². The van der Waals surface area contributed by atoms with E-state index in [0.717, 1.165) is 30.8 Å². The number of benzene rings is 2. The van der Waals surface area contributed by atoms with Crippen molar-refractivity contribution in [1.82, 2.24) is 0 Å². The van der Waals surface area contributed by atoms with E-state index in [4.69, 9.17) is 14.3 Å². The number of methoxy groups -OCH3 is 2. The van der Waals surface area contributed by atoms with Gasteiger partial charge >= 0.3 is 0 Å². The summed E-state index contributed by atoms with van der Waals surface area (Å²) in [6.07, 6.45) is 0.914. The third-order valence-electron chi connectivity index (χ3n) is 4.10. The van der Waals surface area contributed by atoms with E-state index in [1.807, 2.05) is 24.3 Å². The van der Waals surface area contributed by atoms with Gasteiger partial charge in [0.05, 0.1) is 19.9 Å². The molecule has 0 bridgehead atoms. The molecular formula is C19H23N2O3+. The number of nitrogens with two attached hydrogens (primary N) is 1. The zero-order valence-corrected chi connectivity index (χ0v) is 14.1. The lowest BCUT2D eigenvalue weighted by atomic mass is 10.0. The molecule has 0 aromatic heterocycles. The van der Waals surface area contributed by atoms with Gasteiger partial charge in [0, 0.05) is 17.5 Å². The molecule has 0 spiro atoms. The summed E-state index contributed by atoms with van der Waals surface area (Å²) in [5, 5.41) is 6.50. The number of nitrogens with zero attached hydrogens (tertiary/aromatic N) is 1. The summed E-state index contributed by atoms with van der Waals surface area (Å²) in [4.78, 5) is 5.57. The number of hydrogen-bond donors (Lipinski definition) is 1. The van der Waals surface area contributed by atoms with Gasteiger partial charge < -0.3 is 19.6 Å². The minimum atomic E-state index is 0.108. The van der Waals surface area contributed by atoms with Crippen molar-refractivity contribution in [3.8, 4) is 11.5 Å². The summed E-state index contributed by atoms with van der Waals surface area (Å²) < 4.78 is 10.6. The predicted molar refractivity (Wildman–Crippen MR) is 92.5 cm³/mol. The Labute approximate surface area is 142 Å². The SMILES string of the molecule is COc1ccc(C2=NO[C@@H](C[NH2+]Cc3ccccc3)C2)cc1OC. The zero-order chi connectivity index (χ0) is 16.8. The fraction of sp³-hybridized carbons (Fsp3) is 0.316. The molecule has 0 fully saturated rings. The highest BCUT2D eigenvalue weighted by Gasteiger charge is 2.24. The maximum absolute atomic E-state index is 5.57. The molecule has 1 aliphatic rings. The Morgan fingerprint density at radius 3 is 2.62 bits per heavy atom. The summed E-state index contributed by atoms with van der Waals surface area (Å²) in [5.74, 6) is 1.42. The van der Waals surface area contributed by atoms with Crippen LogP contribution in [-0.4, -0.2) is 32.6 Å². The highest BCUT2D eigenvalue weighted by atomic mass is 16.6. The van der Waals surface area contributed by atoms with Crippen LogP contribution in [-0.2, 0) is 11.4 Å². The lowest BCUT2D eigenvalue weighted by Gasteiger charge is -2.09. The van der Waals surface area contributed by atoms with E-state index in [0.29, 0.717) is 11.5 Å². The van der Waals surface area contributed by atoms with Crippen LogP contribution >= 0.6 is 0 Å². The van der Waals surface area contributed by atoms with Crippen molar-refractivity contribution in [3.05, 3.63) is 59.7 Å². The Balaban J connectivity index is 1.53. The van der Waals surface area contributed by atoms with Gasteiger partial charge in [-0.2, -0.15) is 0 Å². The van der Waals surface area contributed by atoms with E-state index in [9.17, 15) is 0 Å². The molecule has 2 N–H and O–H groups in total. The third-order valence-corrected chi connectivity index (χ3v) is 4.10. The molecule has 0 saturated carbocycles. The molecule has 24 heavy (non-hydrogen) atoms. The molecule has 0 radical (unpaired) electrons. The minimum absolute atomic E-state index is 0.108. The van der Waals surface area contributed by atoms with Crippen LogP contribution in [0.4, 0.5) is 0 Å². The van der Waals surface area contributed by atoms with E-state index in [2.05, 4.69) is 34.7 Å². The van der Waals surface area contributed by atoms with Crippen molar-refractivity contribution >= 4 is 5.71 Å². The molecular weight excluding hydrogens is 304 g/mol. The first-order valence-electron chi connectivity index (χ1n) is 8.11.